The van der Waals surface area contributed by atoms with E-state index in [0.717, 1.165) is 22.4 Å². The summed E-state index contributed by atoms with van der Waals surface area (Å²) in [5, 5.41) is 22.3. The second-order valence-corrected chi connectivity index (χ2v) is 5.80. The number of aromatic nitrogens is 1. The smallest absolute Gasteiger partial charge is 0.287 e. The van der Waals surface area contributed by atoms with Crippen LogP contribution in [0.25, 0.3) is 0 Å². The fourth-order valence-corrected chi connectivity index (χ4v) is 2.58. The van der Waals surface area contributed by atoms with Crippen LogP contribution >= 0.6 is 15.9 Å². The van der Waals surface area contributed by atoms with Crippen molar-refractivity contribution in [1.82, 2.24) is 4.57 Å². The van der Waals surface area contributed by atoms with Gasteiger partial charge in [0.1, 0.15) is 18.2 Å². The Balaban J connectivity index is 2.29. The number of nitro groups is 1. The molecule has 0 aliphatic rings. The first-order valence-corrected chi connectivity index (χ1v) is 7.46. The number of nitrogens with zero attached hydrogens (tertiary/aromatic N) is 3. The molecular formula is C15H11BrN4O4. The van der Waals surface area contributed by atoms with Crippen LogP contribution in [-0.2, 0) is 11.3 Å². The molecule has 0 bridgehead atoms. The van der Waals surface area contributed by atoms with Crippen LogP contribution in [0.15, 0.2) is 39.7 Å². The third kappa shape index (κ3) is 3.85. The Labute approximate surface area is 144 Å². The van der Waals surface area contributed by atoms with E-state index in [4.69, 9.17) is 5.26 Å². The molecule has 0 radical (unpaired) electrons. The van der Waals surface area contributed by atoms with E-state index in [1.807, 2.05) is 13.0 Å². The highest BCUT2D eigenvalue weighted by Gasteiger charge is 2.16. The van der Waals surface area contributed by atoms with Crippen LogP contribution in [0.1, 0.15) is 11.1 Å². The largest absolute Gasteiger partial charge is 0.324 e. The number of hydrogen-bond donors (Lipinski definition) is 1. The summed E-state index contributed by atoms with van der Waals surface area (Å²) in [6.07, 6.45) is 0.937. The van der Waals surface area contributed by atoms with Gasteiger partial charge in [-0.1, -0.05) is 6.07 Å². The molecule has 1 aromatic heterocycles. The molecule has 2 rings (SSSR count). The van der Waals surface area contributed by atoms with E-state index in [9.17, 15) is 19.7 Å². The van der Waals surface area contributed by atoms with Crippen LogP contribution in [0, 0.1) is 28.4 Å². The van der Waals surface area contributed by atoms with E-state index < -0.39 is 34.2 Å². The van der Waals surface area contributed by atoms with Crippen molar-refractivity contribution < 1.29 is 9.72 Å². The molecule has 122 valence electrons. The van der Waals surface area contributed by atoms with Gasteiger partial charge in [-0.15, -0.1) is 0 Å². The average Bonchev–Trinajstić information content (AvgIpc) is 2.51. The molecule has 1 aromatic carbocycles. The first-order chi connectivity index (χ1) is 11.3. The highest BCUT2D eigenvalue weighted by molar-refractivity contribution is 9.10. The molecule has 0 saturated heterocycles. The minimum absolute atomic E-state index is 0.395. The lowest BCUT2D eigenvalue weighted by atomic mass is 10.2. The summed E-state index contributed by atoms with van der Waals surface area (Å²) in [4.78, 5) is 34.2. The van der Waals surface area contributed by atoms with Gasteiger partial charge in [0.05, 0.1) is 16.8 Å². The molecular weight excluding hydrogens is 380 g/mol. The van der Waals surface area contributed by atoms with Crippen LogP contribution in [0.4, 0.5) is 11.4 Å². The van der Waals surface area contributed by atoms with Crippen molar-refractivity contribution in [3.63, 3.8) is 0 Å². The topological polar surface area (TPSA) is 118 Å². The Kier molecular flexibility index (Phi) is 5.11. The summed E-state index contributed by atoms with van der Waals surface area (Å²) in [5.41, 5.74) is -0.0942. The fraction of sp³-hybridized carbons (Fsp3) is 0.133. The maximum atomic E-state index is 12.1. The number of nitrogens with one attached hydrogen (secondary N) is 1. The number of carbonyl (C=O) groups excluding carboxylic acids is 1. The Hall–Kier alpha value is -2.99. The van der Waals surface area contributed by atoms with Gasteiger partial charge in [0.15, 0.2) is 0 Å². The Bertz CT molecular complexity index is 930. The number of carbonyl (C=O) groups is 1. The fourth-order valence-electron chi connectivity index (χ4n) is 1.98. The molecule has 1 N–H and O–H groups in total. The standard InChI is InChI=1S/C15H11BrN4O4/c1-9-2-3-13(12(16)4-9)18-14(21)8-19-7-11(20(23)24)5-10(6-17)15(19)22/h2-5,7H,8H2,1H3,(H,18,21). The molecule has 1 heterocycles. The highest BCUT2D eigenvalue weighted by Crippen LogP contribution is 2.23. The van der Waals surface area contributed by atoms with Gasteiger partial charge in [0.25, 0.3) is 11.2 Å². The maximum absolute atomic E-state index is 12.1. The zero-order valence-electron chi connectivity index (χ0n) is 12.4. The summed E-state index contributed by atoms with van der Waals surface area (Å²) in [7, 11) is 0. The molecule has 9 heteroatoms. The lowest BCUT2D eigenvalue weighted by molar-refractivity contribution is -0.385. The average molecular weight is 391 g/mol. The Morgan fingerprint density at radius 1 is 1.46 bits per heavy atom. The van der Waals surface area contributed by atoms with E-state index in [1.165, 1.54) is 0 Å². The Morgan fingerprint density at radius 2 is 2.17 bits per heavy atom. The SMILES string of the molecule is Cc1ccc(NC(=O)Cn2cc([N+](=O)[O-])cc(C#N)c2=O)c(Br)c1. The minimum atomic E-state index is -0.763. The molecule has 2 aromatic rings. The third-order valence-electron chi connectivity index (χ3n) is 3.12. The second-order valence-electron chi connectivity index (χ2n) is 4.95. The van der Waals surface area contributed by atoms with Gasteiger partial charge in [-0.2, -0.15) is 5.26 Å². The van der Waals surface area contributed by atoms with Gasteiger partial charge >= 0.3 is 0 Å². The summed E-state index contributed by atoms with van der Waals surface area (Å²) >= 11 is 3.31. The van der Waals surface area contributed by atoms with Crippen molar-refractivity contribution in [2.45, 2.75) is 13.5 Å². The van der Waals surface area contributed by atoms with E-state index in [-0.39, 0.29) is 0 Å². The van der Waals surface area contributed by atoms with Crippen LogP contribution < -0.4 is 10.9 Å². The van der Waals surface area contributed by atoms with Crippen molar-refractivity contribution in [2.24, 2.45) is 0 Å². The number of nitriles is 1. The van der Waals surface area contributed by atoms with Gasteiger partial charge in [-0.3, -0.25) is 24.3 Å². The zero-order chi connectivity index (χ0) is 17.9. The number of hydrogen-bond acceptors (Lipinski definition) is 5. The first kappa shape index (κ1) is 17.4. The molecule has 0 spiro atoms. The minimum Gasteiger partial charge on any atom is -0.324 e. The quantitative estimate of drug-likeness (QED) is 0.634. The molecule has 24 heavy (non-hydrogen) atoms. The summed E-state index contributed by atoms with van der Waals surface area (Å²) < 4.78 is 1.51. The van der Waals surface area contributed by atoms with Crippen molar-refractivity contribution >= 4 is 33.2 Å². The molecule has 1 amide bonds. The van der Waals surface area contributed by atoms with Crippen LogP contribution in [0.3, 0.4) is 0 Å². The molecule has 8 nitrogen and oxygen atoms in total. The molecule has 0 saturated carbocycles. The number of benzene rings is 1. The van der Waals surface area contributed by atoms with Gasteiger partial charge in [0, 0.05) is 10.5 Å². The predicted octanol–water partition coefficient (Wildman–Crippen LogP) is 2.34. The van der Waals surface area contributed by atoms with Crippen molar-refractivity contribution in [3.8, 4) is 6.07 Å². The van der Waals surface area contributed by atoms with Gasteiger partial charge in [-0.05, 0) is 40.5 Å². The van der Waals surface area contributed by atoms with E-state index in [2.05, 4.69) is 21.2 Å². The van der Waals surface area contributed by atoms with E-state index in [0.29, 0.717) is 10.2 Å². The van der Waals surface area contributed by atoms with Crippen LogP contribution in [-0.4, -0.2) is 15.4 Å². The van der Waals surface area contributed by atoms with Gasteiger partial charge < -0.3 is 5.32 Å². The lowest BCUT2D eigenvalue weighted by Gasteiger charge is -2.09. The first-order valence-electron chi connectivity index (χ1n) is 6.67. The van der Waals surface area contributed by atoms with Crippen molar-refractivity contribution in [3.05, 3.63) is 66.5 Å². The normalized spacial score (nSPS) is 10.0. The molecule has 0 aliphatic carbocycles. The summed E-state index contributed by atoms with van der Waals surface area (Å²) in [6.45, 7) is 1.44. The number of rotatable bonds is 4. The van der Waals surface area contributed by atoms with Crippen molar-refractivity contribution in [2.75, 3.05) is 5.32 Å². The van der Waals surface area contributed by atoms with Crippen LogP contribution in [0.5, 0.6) is 0 Å². The molecule has 0 unspecified atom stereocenters. The second kappa shape index (κ2) is 7.06. The van der Waals surface area contributed by atoms with Gasteiger partial charge in [0.2, 0.25) is 5.91 Å². The Morgan fingerprint density at radius 3 is 2.75 bits per heavy atom. The number of amides is 1. The highest BCUT2D eigenvalue weighted by atomic mass is 79.9. The molecule has 0 fully saturated rings. The number of aryl methyl sites for hydroxylation is 1. The zero-order valence-corrected chi connectivity index (χ0v) is 14.0. The van der Waals surface area contributed by atoms with E-state index in [1.54, 1.807) is 18.2 Å². The third-order valence-corrected chi connectivity index (χ3v) is 3.77. The number of anilines is 1. The monoisotopic (exact) mass is 390 g/mol. The molecule has 0 atom stereocenters. The number of pyridine rings is 1. The predicted molar refractivity (Wildman–Crippen MR) is 89.6 cm³/mol. The summed E-state index contributed by atoms with van der Waals surface area (Å²) in [6, 6.07) is 7.77. The number of halogens is 1. The maximum Gasteiger partial charge on any atom is 0.287 e. The molecule has 0 aliphatic heterocycles. The summed E-state index contributed by atoms with van der Waals surface area (Å²) in [5.74, 6) is -0.550. The van der Waals surface area contributed by atoms with Crippen molar-refractivity contribution in [1.29, 1.82) is 5.26 Å². The lowest BCUT2D eigenvalue weighted by Crippen LogP contribution is -2.29. The van der Waals surface area contributed by atoms with E-state index >= 15 is 0 Å². The van der Waals surface area contributed by atoms with Gasteiger partial charge in [-0.25, -0.2) is 0 Å². The van der Waals surface area contributed by atoms with Crippen LogP contribution in [0.2, 0.25) is 0 Å².